The molecule has 0 spiro atoms. The van der Waals surface area contributed by atoms with Crippen LogP contribution in [0, 0.1) is 5.92 Å². The third-order valence-electron chi connectivity index (χ3n) is 4.04. The van der Waals surface area contributed by atoms with Crippen molar-refractivity contribution in [1.82, 2.24) is 5.32 Å². The lowest BCUT2D eigenvalue weighted by Crippen LogP contribution is -2.38. The number of hydrogen-bond acceptors (Lipinski definition) is 3. The van der Waals surface area contributed by atoms with Gasteiger partial charge in [-0.05, 0) is 49.9 Å². The monoisotopic (exact) mass is 305 g/mol. The Morgan fingerprint density at radius 3 is 2.45 bits per heavy atom. The van der Waals surface area contributed by atoms with Crippen LogP contribution in [0.4, 0.5) is 0 Å². The molecular weight excluding hydrogens is 282 g/mol. The first-order chi connectivity index (χ1) is 10.6. The van der Waals surface area contributed by atoms with E-state index < -0.39 is 17.9 Å². The Kier molecular flexibility index (Phi) is 5.81. The molecule has 1 aliphatic rings. The highest BCUT2D eigenvalue weighted by Gasteiger charge is 2.16. The van der Waals surface area contributed by atoms with Gasteiger partial charge in [-0.3, -0.25) is 9.59 Å². The first kappa shape index (κ1) is 16.3. The van der Waals surface area contributed by atoms with Gasteiger partial charge in [0.1, 0.15) is 11.8 Å². The van der Waals surface area contributed by atoms with Crippen molar-refractivity contribution in [2.45, 2.75) is 45.1 Å². The normalized spacial score (nSPS) is 16.8. The Labute approximate surface area is 130 Å². The third-order valence-corrected chi connectivity index (χ3v) is 4.04. The summed E-state index contributed by atoms with van der Waals surface area (Å²) in [6.07, 6.45) is 6.36. The van der Waals surface area contributed by atoms with Crippen LogP contribution in [-0.4, -0.2) is 29.6 Å². The second kappa shape index (κ2) is 7.82. The molecule has 0 radical (unpaired) electrons. The largest absolute Gasteiger partial charge is 0.493 e. The standard InChI is InChI=1S/C17H23NO4/c1-12(17(20)21)18-16(19)14-7-9-15(10-8-14)22-11-13-5-3-2-4-6-13/h7-10,12-13H,2-6,11H2,1H3,(H,18,19)(H,20,21)/t12-/m1/s1. The molecule has 2 N–H and O–H groups in total. The second-order valence-electron chi connectivity index (χ2n) is 5.87. The molecule has 22 heavy (non-hydrogen) atoms. The summed E-state index contributed by atoms with van der Waals surface area (Å²) in [5, 5.41) is 11.2. The Hall–Kier alpha value is -2.04. The van der Waals surface area contributed by atoms with Gasteiger partial charge in [-0.1, -0.05) is 19.3 Å². The molecule has 0 bridgehead atoms. The van der Waals surface area contributed by atoms with Crippen LogP contribution in [0.2, 0.25) is 0 Å². The van der Waals surface area contributed by atoms with Crippen molar-refractivity contribution in [2.24, 2.45) is 5.92 Å². The summed E-state index contributed by atoms with van der Waals surface area (Å²) in [7, 11) is 0. The van der Waals surface area contributed by atoms with E-state index in [1.807, 2.05) is 0 Å². The van der Waals surface area contributed by atoms with E-state index in [0.29, 0.717) is 11.5 Å². The van der Waals surface area contributed by atoms with Gasteiger partial charge in [0.2, 0.25) is 0 Å². The predicted molar refractivity (Wildman–Crippen MR) is 83.1 cm³/mol. The molecule has 120 valence electrons. The van der Waals surface area contributed by atoms with E-state index in [1.165, 1.54) is 39.0 Å². The van der Waals surface area contributed by atoms with E-state index in [-0.39, 0.29) is 0 Å². The van der Waals surface area contributed by atoms with Gasteiger partial charge in [-0.15, -0.1) is 0 Å². The molecule has 1 atom stereocenters. The van der Waals surface area contributed by atoms with Crippen LogP contribution in [-0.2, 0) is 4.79 Å². The van der Waals surface area contributed by atoms with Crippen molar-refractivity contribution in [1.29, 1.82) is 0 Å². The van der Waals surface area contributed by atoms with E-state index in [2.05, 4.69) is 5.32 Å². The van der Waals surface area contributed by atoms with Crippen molar-refractivity contribution >= 4 is 11.9 Å². The smallest absolute Gasteiger partial charge is 0.325 e. The summed E-state index contributed by atoms with van der Waals surface area (Å²) in [6.45, 7) is 2.16. The van der Waals surface area contributed by atoms with Crippen molar-refractivity contribution in [3.63, 3.8) is 0 Å². The van der Waals surface area contributed by atoms with E-state index in [9.17, 15) is 9.59 Å². The molecule has 0 aliphatic heterocycles. The number of carboxylic acid groups (broad SMARTS) is 1. The number of nitrogens with one attached hydrogen (secondary N) is 1. The first-order valence-electron chi connectivity index (χ1n) is 7.83. The van der Waals surface area contributed by atoms with Crippen molar-refractivity contribution in [3.05, 3.63) is 29.8 Å². The van der Waals surface area contributed by atoms with Crippen molar-refractivity contribution in [3.8, 4) is 5.75 Å². The van der Waals surface area contributed by atoms with Crippen LogP contribution in [0.15, 0.2) is 24.3 Å². The number of carbonyl (C=O) groups excluding carboxylic acids is 1. The van der Waals surface area contributed by atoms with Crippen molar-refractivity contribution in [2.75, 3.05) is 6.61 Å². The quantitative estimate of drug-likeness (QED) is 0.847. The molecule has 1 amide bonds. The second-order valence-corrected chi connectivity index (χ2v) is 5.87. The fraction of sp³-hybridized carbons (Fsp3) is 0.529. The summed E-state index contributed by atoms with van der Waals surface area (Å²) in [5.74, 6) is -0.0731. The Morgan fingerprint density at radius 1 is 1.23 bits per heavy atom. The average molecular weight is 305 g/mol. The summed E-state index contributed by atoms with van der Waals surface area (Å²) >= 11 is 0. The summed E-state index contributed by atoms with van der Waals surface area (Å²) in [6, 6.07) is 5.90. The molecule has 2 rings (SSSR count). The number of hydrogen-bond donors (Lipinski definition) is 2. The van der Waals surface area contributed by atoms with Crippen LogP contribution in [0.25, 0.3) is 0 Å². The first-order valence-corrected chi connectivity index (χ1v) is 7.83. The number of benzene rings is 1. The topological polar surface area (TPSA) is 75.6 Å². The Morgan fingerprint density at radius 2 is 1.86 bits per heavy atom. The van der Waals surface area contributed by atoms with Gasteiger partial charge in [0.15, 0.2) is 0 Å². The molecule has 0 aromatic heterocycles. The van der Waals surface area contributed by atoms with Crippen LogP contribution < -0.4 is 10.1 Å². The summed E-state index contributed by atoms with van der Waals surface area (Å²) in [4.78, 5) is 22.6. The minimum Gasteiger partial charge on any atom is -0.493 e. The zero-order valence-corrected chi connectivity index (χ0v) is 12.9. The highest BCUT2D eigenvalue weighted by molar-refractivity contribution is 5.96. The molecule has 1 fully saturated rings. The van der Waals surface area contributed by atoms with Gasteiger partial charge in [0.25, 0.3) is 5.91 Å². The van der Waals surface area contributed by atoms with Crippen LogP contribution >= 0.6 is 0 Å². The van der Waals surface area contributed by atoms with Gasteiger partial charge in [-0.25, -0.2) is 0 Å². The van der Waals surface area contributed by atoms with E-state index in [4.69, 9.17) is 9.84 Å². The summed E-state index contributed by atoms with van der Waals surface area (Å²) in [5.41, 5.74) is 0.429. The molecule has 1 aliphatic carbocycles. The zero-order chi connectivity index (χ0) is 15.9. The van der Waals surface area contributed by atoms with Crippen LogP contribution in [0.3, 0.4) is 0 Å². The maximum absolute atomic E-state index is 11.9. The van der Waals surface area contributed by atoms with E-state index in [0.717, 1.165) is 12.4 Å². The number of carbonyl (C=O) groups is 2. The predicted octanol–water partition coefficient (Wildman–Crippen LogP) is 2.85. The lowest BCUT2D eigenvalue weighted by Gasteiger charge is -2.21. The highest BCUT2D eigenvalue weighted by atomic mass is 16.5. The Bertz CT molecular complexity index is 506. The lowest BCUT2D eigenvalue weighted by molar-refractivity contribution is -0.138. The minimum absolute atomic E-state index is 0.395. The third kappa shape index (κ3) is 4.76. The number of carboxylic acids is 1. The molecule has 1 aromatic rings. The molecule has 5 heteroatoms. The molecule has 0 saturated heterocycles. The van der Waals surface area contributed by atoms with E-state index >= 15 is 0 Å². The molecular formula is C17H23NO4. The highest BCUT2D eigenvalue weighted by Crippen LogP contribution is 2.24. The average Bonchev–Trinajstić information content (AvgIpc) is 2.54. The van der Waals surface area contributed by atoms with E-state index in [1.54, 1.807) is 24.3 Å². The number of amides is 1. The maximum atomic E-state index is 11.9. The summed E-state index contributed by atoms with van der Waals surface area (Å²) < 4.78 is 5.77. The minimum atomic E-state index is -1.05. The SMILES string of the molecule is C[C@@H](NC(=O)c1ccc(OCC2CCCCC2)cc1)C(=O)O. The van der Waals surface area contributed by atoms with Crippen molar-refractivity contribution < 1.29 is 19.4 Å². The molecule has 0 heterocycles. The maximum Gasteiger partial charge on any atom is 0.325 e. The number of ether oxygens (including phenoxy) is 1. The molecule has 1 saturated carbocycles. The lowest BCUT2D eigenvalue weighted by atomic mass is 9.90. The van der Waals surface area contributed by atoms with Gasteiger partial charge in [0, 0.05) is 5.56 Å². The molecule has 5 nitrogen and oxygen atoms in total. The van der Waals surface area contributed by atoms with Gasteiger partial charge in [-0.2, -0.15) is 0 Å². The van der Waals surface area contributed by atoms with Gasteiger partial charge >= 0.3 is 5.97 Å². The molecule has 0 unspecified atom stereocenters. The fourth-order valence-electron chi connectivity index (χ4n) is 2.61. The zero-order valence-electron chi connectivity index (χ0n) is 12.9. The Balaban J connectivity index is 1.84. The number of rotatable bonds is 6. The number of aliphatic carboxylic acids is 1. The van der Waals surface area contributed by atoms with Gasteiger partial charge in [0.05, 0.1) is 6.61 Å². The van der Waals surface area contributed by atoms with Crippen LogP contribution in [0.5, 0.6) is 5.75 Å². The fourth-order valence-corrected chi connectivity index (χ4v) is 2.61. The van der Waals surface area contributed by atoms with Crippen LogP contribution in [0.1, 0.15) is 49.4 Å². The molecule has 1 aromatic carbocycles. The van der Waals surface area contributed by atoms with Gasteiger partial charge < -0.3 is 15.2 Å².